The maximum Gasteiger partial charge on any atom is 0.322 e. The second kappa shape index (κ2) is 5.80. The molecule has 0 radical (unpaired) electrons. The fourth-order valence-corrected chi connectivity index (χ4v) is 2.82. The molecule has 0 aromatic heterocycles. The van der Waals surface area contributed by atoms with Crippen molar-refractivity contribution in [2.75, 3.05) is 0 Å². The summed E-state index contributed by atoms with van der Waals surface area (Å²) in [6.45, 7) is 2.87. The Balaban J connectivity index is 3.24. The summed E-state index contributed by atoms with van der Waals surface area (Å²) in [6.07, 6.45) is 0. The van der Waals surface area contributed by atoms with Crippen molar-refractivity contribution in [1.82, 2.24) is 4.72 Å². The molecule has 0 bridgehead atoms. The highest BCUT2D eigenvalue weighted by Crippen LogP contribution is 2.19. The number of rotatable bonds is 5. The number of sulfonamides is 1. The Morgan fingerprint density at radius 3 is 2.10 bits per heavy atom. The van der Waals surface area contributed by atoms with E-state index in [-0.39, 0.29) is 12.1 Å². The molecule has 2 N–H and O–H groups in total. The Bertz CT molecular complexity index is 631. The molecule has 1 aromatic rings. The van der Waals surface area contributed by atoms with E-state index in [2.05, 4.69) is 0 Å². The maximum absolute atomic E-state index is 13.4. The number of halogens is 3. The number of carbonyl (C=O) groups is 1. The lowest BCUT2D eigenvalue weighted by Crippen LogP contribution is -2.44. The summed E-state index contributed by atoms with van der Waals surface area (Å²) in [7, 11) is -4.63. The largest absolute Gasteiger partial charge is 0.480 e. The van der Waals surface area contributed by atoms with Crippen LogP contribution in [0.1, 0.15) is 13.8 Å². The van der Waals surface area contributed by atoms with Crippen molar-refractivity contribution in [2.45, 2.75) is 24.8 Å². The van der Waals surface area contributed by atoms with Crippen LogP contribution in [0.5, 0.6) is 0 Å². The monoisotopic (exact) mass is 311 g/mol. The van der Waals surface area contributed by atoms with Gasteiger partial charge in [-0.15, -0.1) is 0 Å². The molecule has 9 heteroatoms. The molecule has 0 heterocycles. The Kier molecular flexibility index (Phi) is 4.77. The van der Waals surface area contributed by atoms with E-state index < -0.39 is 50.3 Å². The van der Waals surface area contributed by atoms with E-state index in [1.165, 1.54) is 13.8 Å². The predicted octanol–water partition coefficient (Wildman–Crippen LogP) is 1.49. The fraction of sp³-hybridized carbons (Fsp3) is 0.364. The Labute approximate surface area is 113 Å². The second-order valence-corrected chi connectivity index (χ2v) is 6.06. The van der Waals surface area contributed by atoms with Gasteiger partial charge < -0.3 is 5.11 Å². The third kappa shape index (κ3) is 3.48. The van der Waals surface area contributed by atoms with E-state index in [0.717, 1.165) is 0 Å². The van der Waals surface area contributed by atoms with Crippen LogP contribution >= 0.6 is 0 Å². The van der Waals surface area contributed by atoms with E-state index in [1.54, 1.807) is 4.72 Å². The minimum Gasteiger partial charge on any atom is -0.480 e. The molecule has 1 aromatic carbocycles. The molecule has 5 nitrogen and oxygen atoms in total. The first-order chi connectivity index (χ1) is 9.06. The van der Waals surface area contributed by atoms with Crippen molar-refractivity contribution in [1.29, 1.82) is 0 Å². The Morgan fingerprint density at radius 2 is 1.65 bits per heavy atom. The minimum absolute atomic E-state index is 0.0784. The van der Waals surface area contributed by atoms with Gasteiger partial charge >= 0.3 is 5.97 Å². The molecule has 0 saturated carbocycles. The van der Waals surface area contributed by atoms with Crippen molar-refractivity contribution in [3.05, 3.63) is 29.6 Å². The van der Waals surface area contributed by atoms with Crippen molar-refractivity contribution in [2.24, 2.45) is 5.92 Å². The molecule has 0 saturated heterocycles. The third-order valence-corrected chi connectivity index (χ3v) is 3.94. The molecule has 112 valence electrons. The van der Waals surface area contributed by atoms with Crippen molar-refractivity contribution in [3.63, 3.8) is 0 Å². The van der Waals surface area contributed by atoms with Gasteiger partial charge in [-0.05, 0) is 12.0 Å². The van der Waals surface area contributed by atoms with Crippen molar-refractivity contribution >= 4 is 16.0 Å². The van der Waals surface area contributed by atoms with Gasteiger partial charge in [0.25, 0.3) is 0 Å². The highest BCUT2D eigenvalue weighted by Gasteiger charge is 2.30. The summed E-state index contributed by atoms with van der Waals surface area (Å²) in [5.41, 5.74) is 0. The molecular formula is C11H12F3NO4S. The highest BCUT2D eigenvalue weighted by atomic mass is 32.2. The summed E-state index contributed by atoms with van der Waals surface area (Å²) in [5, 5.41) is 8.87. The smallest absolute Gasteiger partial charge is 0.322 e. The number of carboxylic acids is 1. The number of hydrogen-bond acceptors (Lipinski definition) is 3. The first-order valence-corrected chi connectivity index (χ1v) is 6.94. The molecule has 1 rings (SSSR count). The molecule has 20 heavy (non-hydrogen) atoms. The molecule has 0 aliphatic heterocycles. The molecule has 0 fully saturated rings. The van der Waals surface area contributed by atoms with Crippen LogP contribution in [0.25, 0.3) is 0 Å². The normalized spacial score (nSPS) is 13.5. The van der Waals surface area contributed by atoms with Gasteiger partial charge in [-0.1, -0.05) is 13.8 Å². The Hall–Kier alpha value is -1.61. The summed E-state index contributed by atoms with van der Waals surface area (Å²) in [5.74, 6) is -6.70. The summed E-state index contributed by atoms with van der Waals surface area (Å²) < 4.78 is 64.5. The van der Waals surface area contributed by atoms with Gasteiger partial charge in [-0.3, -0.25) is 4.79 Å². The van der Waals surface area contributed by atoms with Gasteiger partial charge in [0.15, 0.2) is 11.6 Å². The number of benzene rings is 1. The Morgan fingerprint density at radius 1 is 1.15 bits per heavy atom. The molecule has 1 atom stereocenters. The predicted molar refractivity (Wildman–Crippen MR) is 62.9 cm³/mol. The molecule has 0 spiro atoms. The lowest BCUT2D eigenvalue weighted by Gasteiger charge is -2.18. The average Bonchev–Trinajstić information content (AvgIpc) is 2.30. The van der Waals surface area contributed by atoms with Gasteiger partial charge in [0, 0.05) is 6.07 Å². The summed E-state index contributed by atoms with van der Waals surface area (Å²) in [6, 6.07) is -1.28. The third-order valence-electron chi connectivity index (χ3n) is 2.48. The number of carboxylic acid groups (broad SMARTS) is 1. The van der Waals surface area contributed by atoms with Crippen LogP contribution in [0.3, 0.4) is 0 Å². The summed E-state index contributed by atoms with van der Waals surface area (Å²) >= 11 is 0. The van der Waals surface area contributed by atoms with Crippen LogP contribution in [0.15, 0.2) is 17.0 Å². The van der Waals surface area contributed by atoms with Crippen LogP contribution in [0, 0.1) is 23.4 Å². The zero-order chi connectivity index (χ0) is 15.7. The van der Waals surface area contributed by atoms with Gasteiger partial charge in [-0.2, -0.15) is 4.72 Å². The van der Waals surface area contributed by atoms with Crippen LogP contribution in [0.2, 0.25) is 0 Å². The first kappa shape index (κ1) is 16.4. The standard InChI is InChI=1S/C11H12F3NO4S/c1-5(2)10(11(16)17)15-20(18,19)9-4-7(13)6(12)3-8(9)14/h3-5,10,15H,1-2H3,(H,16,17)/t10-/m1/s1. The highest BCUT2D eigenvalue weighted by molar-refractivity contribution is 7.89. The molecular weight excluding hydrogens is 299 g/mol. The van der Waals surface area contributed by atoms with Gasteiger partial charge in [0.05, 0.1) is 0 Å². The van der Waals surface area contributed by atoms with E-state index in [1.807, 2.05) is 0 Å². The SMILES string of the molecule is CC(C)[C@@H](NS(=O)(=O)c1cc(F)c(F)cc1F)C(=O)O. The quantitative estimate of drug-likeness (QED) is 0.807. The maximum atomic E-state index is 13.4. The lowest BCUT2D eigenvalue weighted by molar-refractivity contribution is -0.140. The van der Waals surface area contributed by atoms with Gasteiger partial charge in [0.2, 0.25) is 10.0 Å². The number of hydrogen-bond donors (Lipinski definition) is 2. The van der Waals surface area contributed by atoms with Gasteiger partial charge in [-0.25, -0.2) is 21.6 Å². The second-order valence-electron chi connectivity index (χ2n) is 4.38. The van der Waals surface area contributed by atoms with Gasteiger partial charge in [0.1, 0.15) is 16.8 Å². The topological polar surface area (TPSA) is 83.5 Å². The van der Waals surface area contributed by atoms with Crippen LogP contribution in [-0.2, 0) is 14.8 Å². The van der Waals surface area contributed by atoms with Crippen LogP contribution < -0.4 is 4.72 Å². The zero-order valence-corrected chi connectivity index (χ0v) is 11.3. The summed E-state index contributed by atoms with van der Waals surface area (Å²) in [4.78, 5) is 9.75. The van der Waals surface area contributed by atoms with E-state index in [4.69, 9.17) is 5.11 Å². The van der Waals surface area contributed by atoms with Crippen LogP contribution in [0.4, 0.5) is 13.2 Å². The van der Waals surface area contributed by atoms with E-state index in [9.17, 15) is 26.4 Å². The lowest BCUT2D eigenvalue weighted by atomic mass is 10.1. The first-order valence-electron chi connectivity index (χ1n) is 5.46. The minimum atomic E-state index is -4.63. The van der Waals surface area contributed by atoms with Crippen LogP contribution in [-0.4, -0.2) is 25.5 Å². The fourth-order valence-electron chi connectivity index (χ4n) is 1.41. The van der Waals surface area contributed by atoms with Crippen molar-refractivity contribution < 1.29 is 31.5 Å². The molecule has 0 aliphatic rings. The van der Waals surface area contributed by atoms with E-state index >= 15 is 0 Å². The average molecular weight is 311 g/mol. The zero-order valence-electron chi connectivity index (χ0n) is 10.5. The number of nitrogens with one attached hydrogen (secondary N) is 1. The number of aliphatic carboxylic acids is 1. The molecule has 0 unspecified atom stereocenters. The van der Waals surface area contributed by atoms with E-state index in [0.29, 0.717) is 0 Å². The molecule has 0 aliphatic carbocycles. The van der Waals surface area contributed by atoms with Crippen molar-refractivity contribution in [3.8, 4) is 0 Å². The molecule has 0 amide bonds.